The Hall–Kier alpha value is -4.34. The molecule has 0 bridgehead atoms. The van der Waals surface area contributed by atoms with Crippen LogP contribution < -0.4 is 4.90 Å². The van der Waals surface area contributed by atoms with Gasteiger partial charge in [-0.3, -0.25) is 9.97 Å². The number of hydrogen-bond donors (Lipinski definition) is 1. The Bertz CT molecular complexity index is 1870. The summed E-state index contributed by atoms with van der Waals surface area (Å²) in [7, 11) is 0. The van der Waals surface area contributed by atoms with Crippen LogP contribution in [-0.2, 0) is 26.5 Å². The molecule has 6 heteroatoms. The maximum Gasteiger partial charge on any atom is 0.159 e. The van der Waals surface area contributed by atoms with Gasteiger partial charge >= 0.3 is 0 Å². The van der Waals surface area contributed by atoms with Crippen LogP contribution in [0.25, 0.3) is 33.3 Å². The topological polar surface area (TPSA) is 62.1 Å². The fraction of sp³-hybridized carbons (Fsp3) is 0.0882. The Morgan fingerprint density at radius 1 is 0.800 bits per heavy atom. The van der Waals surface area contributed by atoms with Crippen molar-refractivity contribution in [3.05, 3.63) is 127 Å². The molecule has 0 amide bonds. The molecule has 0 radical (unpaired) electrons. The van der Waals surface area contributed by atoms with Crippen LogP contribution in [0.5, 0.6) is 5.75 Å². The van der Waals surface area contributed by atoms with Crippen LogP contribution in [0.3, 0.4) is 0 Å². The molecule has 3 aromatic carbocycles. The monoisotopic (exact) mass is 700 g/mol. The molecule has 0 unspecified atom stereocenters. The van der Waals surface area contributed by atoms with E-state index in [9.17, 15) is 5.11 Å². The molecule has 0 saturated heterocycles. The van der Waals surface area contributed by atoms with Gasteiger partial charge < -0.3 is 10.0 Å². The summed E-state index contributed by atoms with van der Waals surface area (Å²) in [5, 5.41) is 11.2. The average Bonchev–Trinajstić information content (AvgIpc) is 2.98. The van der Waals surface area contributed by atoms with Gasteiger partial charge in [0.15, 0.2) is 5.75 Å². The molecule has 40 heavy (non-hydrogen) atoms. The zero-order valence-electron chi connectivity index (χ0n) is 21.9. The SMILES string of the molecule is CC1(C)c2ccc(-c3ccc4cncc(O)c4n3)[c-]c2N(c2cc(-c3ccccc3)ccn2)c2ccccc21.[Pt]. The second-order valence-electron chi connectivity index (χ2n) is 10.3. The van der Waals surface area contributed by atoms with Gasteiger partial charge in [0.1, 0.15) is 11.3 Å². The molecule has 0 aliphatic carbocycles. The maximum atomic E-state index is 10.4. The average molecular weight is 701 g/mol. The summed E-state index contributed by atoms with van der Waals surface area (Å²) in [4.78, 5) is 15.9. The van der Waals surface area contributed by atoms with Crippen LogP contribution in [0.15, 0.2) is 110 Å². The molecule has 0 saturated carbocycles. The zero-order chi connectivity index (χ0) is 26.6. The molecule has 4 heterocycles. The second-order valence-corrected chi connectivity index (χ2v) is 10.3. The number of fused-ring (bicyclic) bond motifs is 3. The molecule has 0 atom stereocenters. The van der Waals surface area contributed by atoms with Gasteiger partial charge in [0.2, 0.25) is 0 Å². The van der Waals surface area contributed by atoms with Crippen molar-refractivity contribution in [1.29, 1.82) is 0 Å². The summed E-state index contributed by atoms with van der Waals surface area (Å²) in [6, 6.07) is 34.8. The van der Waals surface area contributed by atoms with Gasteiger partial charge in [-0.15, -0.1) is 23.8 Å². The van der Waals surface area contributed by atoms with E-state index in [2.05, 4.69) is 84.4 Å². The molecular weight excluding hydrogens is 675 g/mol. The summed E-state index contributed by atoms with van der Waals surface area (Å²) < 4.78 is 0. The summed E-state index contributed by atoms with van der Waals surface area (Å²) in [6.07, 6.45) is 4.99. The minimum atomic E-state index is -0.241. The number of anilines is 3. The third-order valence-electron chi connectivity index (χ3n) is 7.58. The normalized spacial score (nSPS) is 13.3. The third kappa shape index (κ3) is 4.18. The Kier molecular flexibility index (Phi) is 6.48. The first-order chi connectivity index (χ1) is 19.0. The van der Waals surface area contributed by atoms with Crippen LogP contribution >= 0.6 is 0 Å². The van der Waals surface area contributed by atoms with E-state index in [4.69, 9.17) is 9.97 Å². The van der Waals surface area contributed by atoms with Gasteiger partial charge in [-0.05, 0) is 51.7 Å². The first kappa shape index (κ1) is 25.9. The van der Waals surface area contributed by atoms with Crippen molar-refractivity contribution in [3.63, 3.8) is 0 Å². The van der Waals surface area contributed by atoms with Crippen molar-refractivity contribution < 1.29 is 26.2 Å². The van der Waals surface area contributed by atoms with E-state index in [-0.39, 0.29) is 32.2 Å². The molecule has 0 spiro atoms. The largest absolute Gasteiger partial charge is 0.504 e. The van der Waals surface area contributed by atoms with Gasteiger partial charge in [-0.1, -0.05) is 80.1 Å². The van der Waals surface area contributed by atoms with Crippen LogP contribution in [0.1, 0.15) is 25.0 Å². The second kappa shape index (κ2) is 10.0. The van der Waals surface area contributed by atoms with E-state index in [1.165, 1.54) is 11.8 Å². The number of aromatic hydroxyl groups is 1. The summed E-state index contributed by atoms with van der Waals surface area (Å²) >= 11 is 0. The smallest absolute Gasteiger partial charge is 0.159 e. The molecule has 5 nitrogen and oxygen atoms in total. The van der Waals surface area contributed by atoms with E-state index < -0.39 is 0 Å². The van der Waals surface area contributed by atoms with E-state index in [1.54, 1.807) is 6.20 Å². The maximum absolute atomic E-state index is 10.4. The van der Waals surface area contributed by atoms with Gasteiger partial charge in [0.05, 0.1) is 6.20 Å². The van der Waals surface area contributed by atoms with Crippen molar-refractivity contribution >= 4 is 28.1 Å². The minimum Gasteiger partial charge on any atom is -0.504 e. The van der Waals surface area contributed by atoms with Crippen molar-refractivity contribution in [2.24, 2.45) is 0 Å². The van der Waals surface area contributed by atoms with Gasteiger partial charge in [0, 0.05) is 44.5 Å². The van der Waals surface area contributed by atoms with E-state index in [1.807, 2.05) is 42.6 Å². The van der Waals surface area contributed by atoms with Crippen molar-refractivity contribution in [2.75, 3.05) is 4.90 Å². The summed E-state index contributed by atoms with van der Waals surface area (Å²) in [5.74, 6) is 0.884. The van der Waals surface area contributed by atoms with E-state index >= 15 is 0 Å². The summed E-state index contributed by atoms with van der Waals surface area (Å²) in [6.45, 7) is 4.51. The summed E-state index contributed by atoms with van der Waals surface area (Å²) in [5.41, 5.74) is 8.49. The molecule has 1 N–H and O–H groups in total. The van der Waals surface area contributed by atoms with E-state index in [0.717, 1.165) is 50.5 Å². The van der Waals surface area contributed by atoms with Crippen LogP contribution in [-0.4, -0.2) is 20.1 Å². The number of nitrogens with zero attached hydrogens (tertiary/aromatic N) is 4. The quantitative estimate of drug-likeness (QED) is 0.190. The molecule has 1 aliphatic rings. The minimum absolute atomic E-state index is 0. The number of benzene rings is 3. The van der Waals surface area contributed by atoms with Crippen molar-refractivity contribution in [2.45, 2.75) is 19.3 Å². The van der Waals surface area contributed by atoms with Gasteiger partial charge in [-0.25, -0.2) is 4.98 Å². The third-order valence-corrected chi connectivity index (χ3v) is 7.58. The Balaban J connectivity index is 0.00000289. The number of aromatic nitrogens is 3. The number of hydrogen-bond acceptors (Lipinski definition) is 5. The van der Waals surface area contributed by atoms with Crippen molar-refractivity contribution in [3.8, 4) is 28.1 Å². The standard InChI is InChI=1S/C34H25N4O.Pt/c1-34(2)26-10-6-7-11-29(26)38(32-19-23(16-17-36-32)22-8-4-3-5-9-22)30-18-24(12-14-27(30)34)28-15-13-25-20-35-21-31(39)33(25)37-28;/h3-17,19-21,39H,1-2H3;/q-1;. The first-order valence-corrected chi connectivity index (χ1v) is 12.9. The molecule has 6 aromatic rings. The molecule has 1 aliphatic heterocycles. The fourth-order valence-electron chi connectivity index (χ4n) is 5.54. The fourth-order valence-corrected chi connectivity index (χ4v) is 5.54. The molecular formula is C34H25N4OPt-. The van der Waals surface area contributed by atoms with Crippen LogP contribution in [0, 0.1) is 6.07 Å². The molecule has 0 fully saturated rings. The van der Waals surface area contributed by atoms with Gasteiger partial charge in [-0.2, -0.15) is 0 Å². The first-order valence-electron chi connectivity index (χ1n) is 12.9. The molecule has 3 aromatic heterocycles. The predicted molar refractivity (Wildman–Crippen MR) is 156 cm³/mol. The van der Waals surface area contributed by atoms with Gasteiger partial charge in [0.25, 0.3) is 0 Å². The van der Waals surface area contributed by atoms with Crippen molar-refractivity contribution in [1.82, 2.24) is 15.0 Å². The van der Waals surface area contributed by atoms with Crippen LogP contribution in [0.2, 0.25) is 0 Å². The Morgan fingerprint density at radius 2 is 1.60 bits per heavy atom. The Morgan fingerprint density at radius 3 is 2.45 bits per heavy atom. The molecule has 198 valence electrons. The number of rotatable bonds is 3. The predicted octanol–water partition coefficient (Wildman–Crippen LogP) is 7.97. The van der Waals surface area contributed by atoms with Crippen LogP contribution in [0.4, 0.5) is 17.2 Å². The number of para-hydroxylation sites is 1. The Labute approximate surface area is 247 Å². The number of pyridine rings is 3. The van der Waals surface area contributed by atoms with E-state index in [0.29, 0.717) is 5.52 Å². The zero-order valence-corrected chi connectivity index (χ0v) is 24.2. The molecule has 7 rings (SSSR count).